The molecular formula is C17H13F2N3. The summed E-state index contributed by atoms with van der Waals surface area (Å²) in [6, 6.07) is 12.3. The number of pyridine rings is 1. The van der Waals surface area contributed by atoms with E-state index in [4.69, 9.17) is 0 Å². The van der Waals surface area contributed by atoms with Gasteiger partial charge in [-0.1, -0.05) is 12.1 Å². The number of hydrogen-bond donors (Lipinski definition) is 1. The predicted molar refractivity (Wildman–Crippen MR) is 84.1 cm³/mol. The van der Waals surface area contributed by atoms with Crippen LogP contribution in [0.25, 0.3) is 10.9 Å². The molecule has 0 aliphatic rings. The Morgan fingerprint density at radius 2 is 1.73 bits per heavy atom. The number of benzene rings is 2. The standard InChI is InChI=1S/C17H13F2N3/c1-11-8-17(15-7-6-14(19)9-16(15)21-11)22-20-10-12-2-4-13(18)5-3-12/h2-10H,1H3,(H,21,22)/b20-10+. The summed E-state index contributed by atoms with van der Waals surface area (Å²) in [5, 5.41) is 4.92. The van der Waals surface area contributed by atoms with Gasteiger partial charge in [-0.2, -0.15) is 5.10 Å². The molecule has 0 saturated heterocycles. The minimum Gasteiger partial charge on any atom is -0.278 e. The highest BCUT2D eigenvalue weighted by molar-refractivity contribution is 5.92. The van der Waals surface area contributed by atoms with Crippen LogP contribution in [0, 0.1) is 18.6 Å². The first-order chi connectivity index (χ1) is 10.6. The van der Waals surface area contributed by atoms with Crippen molar-refractivity contribution in [1.82, 2.24) is 4.98 Å². The van der Waals surface area contributed by atoms with E-state index in [0.29, 0.717) is 5.52 Å². The van der Waals surface area contributed by atoms with Crippen molar-refractivity contribution in [1.29, 1.82) is 0 Å². The van der Waals surface area contributed by atoms with Crippen molar-refractivity contribution >= 4 is 22.8 Å². The molecular weight excluding hydrogens is 284 g/mol. The first-order valence-electron chi connectivity index (χ1n) is 6.73. The molecule has 3 aromatic rings. The molecule has 3 rings (SSSR count). The van der Waals surface area contributed by atoms with Gasteiger partial charge in [-0.25, -0.2) is 8.78 Å². The third-order valence-electron chi connectivity index (χ3n) is 3.17. The first kappa shape index (κ1) is 14.1. The highest BCUT2D eigenvalue weighted by Gasteiger charge is 2.04. The van der Waals surface area contributed by atoms with Gasteiger partial charge in [-0.15, -0.1) is 0 Å². The van der Waals surface area contributed by atoms with E-state index in [-0.39, 0.29) is 11.6 Å². The molecule has 0 saturated carbocycles. The molecule has 1 N–H and O–H groups in total. The van der Waals surface area contributed by atoms with Crippen molar-refractivity contribution in [2.75, 3.05) is 5.43 Å². The van der Waals surface area contributed by atoms with Crippen LogP contribution >= 0.6 is 0 Å². The van der Waals surface area contributed by atoms with Gasteiger partial charge < -0.3 is 0 Å². The zero-order chi connectivity index (χ0) is 15.5. The zero-order valence-corrected chi connectivity index (χ0v) is 11.8. The van der Waals surface area contributed by atoms with E-state index in [0.717, 1.165) is 22.3 Å². The Morgan fingerprint density at radius 1 is 1.00 bits per heavy atom. The lowest BCUT2D eigenvalue weighted by Crippen LogP contribution is -1.95. The largest absolute Gasteiger partial charge is 0.278 e. The monoisotopic (exact) mass is 297 g/mol. The lowest BCUT2D eigenvalue weighted by atomic mass is 10.1. The molecule has 0 radical (unpaired) electrons. The Kier molecular flexibility index (Phi) is 3.78. The van der Waals surface area contributed by atoms with Gasteiger partial charge in [0.1, 0.15) is 11.6 Å². The maximum absolute atomic E-state index is 13.3. The van der Waals surface area contributed by atoms with E-state index in [9.17, 15) is 8.78 Å². The van der Waals surface area contributed by atoms with Gasteiger partial charge in [0.15, 0.2) is 0 Å². The van der Waals surface area contributed by atoms with Crippen molar-refractivity contribution in [3.05, 3.63) is 71.4 Å². The van der Waals surface area contributed by atoms with Gasteiger partial charge in [0, 0.05) is 17.1 Å². The van der Waals surface area contributed by atoms with E-state index in [2.05, 4.69) is 15.5 Å². The van der Waals surface area contributed by atoms with Gasteiger partial charge in [-0.05, 0) is 42.8 Å². The van der Waals surface area contributed by atoms with E-state index in [1.54, 1.807) is 24.4 Å². The van der Waals surface area contributed by atoms with Crippen LogP contribution in [0.15, 0.2) is 53.6 Å². The van der Waals surface area contributed by atoms with Crippen LogP contribution in [0.5, 0.6) is 0 Å². The van der Waals surface area contributed by atoms with Gasteiger partial charge in [0.25, 0.3) is 0 Å². The number of aryl methyl sites for hydroxylation is 1. The van der Waals surface area contributed by atoms with Crippen LogP contribution in [-0.4, -0.2) is 11.2 Å². The van der Waals surface area contributed by atoms with Crippen LogP contribution < -0.4 is 5.43 Å². The summed E-state index contributed by atoms with van der Waals surface area (Å²) in [6.45, 7) is 1.83. The van der Waals surface area contributed by atoms with Crippen LogP contribution in [0.1, 0.15) is 11.3 Å². The predicted octanol–water partition coefficient (Wildman–Crippen LogP) is 4.27. The van der Waals surface area contributed by atoms with Gasteiger partial charge in [-0.3, -0.25) is 10.4 Å². The molecule has 1 aromatic heterocycles. The Labute approximate surface area is 126 Å². The Morgan fingerprint density at radius 3 is 2.50 bits per heavy atom. The fourth-order valence-electron chi connectivity index (χ4n) is 2.15. The second-order valence-electron chi connectivity index (χ2n) is 4.89. The lowest BCUT2D eigenvalue weighted by Gasteiger charge is -2.07. The normalized spacial score (nSPS) is 11.2. The molecule has 0 spiro atoms. The van der Waals surface area contributed by atoms with E-state index >= 15 is 0 Å². The summed E-state index contributed by atoms with van der Waals surface area (Å²) in [7, 11) is 0. The molecule has 5 heteroatoms. The molecule has 22 heavy (non-hydrogen) atoms. The average Bonchev–Trinajstić information content (AvgIpc) is 2.48. The maximum Gasteiger partial charge on any atom is 0.125 e. The highest BCUT2D eigenvalue weighted by Crippen LogP contribution is 2.23. The number of rotatable bonds is 3. The number of nitrogens with one attached hydrogen (secondary N) is 1. The Balaban J connectivity index is 1.88. The quantitative estimate of drug-likeness (QED) is 0.579. The first-order valence-corrected chi connectivity index (χ1v) is 6.73. The van der Waals surface area contributed by atoms with Crippen LogP contribution in [0.4, 0.5) is 14.5 Å². The maximum atomic E-state index is 13.3. The minimum absolute atomic E-state index is 0.289. The van der Waals surface area contributed by atoms with E-state index in [1.165, 1.54) is 24.3 Å². The van der Waals surface area contributed by atoms with E-state index < -0.39 is 0 Å². The van der Waals surface area contributed by atoms with Crippen LogP contribution in [0.3, 0.4) is 0 Å². The minimum atomic E-state index is -0.327. The van der Waals surface area contributed by atoms with Crippen molar-refractivity contribution in [2.24, 2.45) is 5.10 Å². The molecule has 0 aliphatic carbocycles. The molecule has 0 unspecified atom stereocenters. The van der Waals surface area contributed by atoms with Crippen molar-refractivity contribution < 1.29 is 8.78 Å². The number of hydrogen-bond acceptors (Lipinski definition) is 3. The van der Waals surface area contributed by atoms with Crippen LogP contribution in [0.2, 0.25) is 0 Å². The summed E-state index contributed by atoms with van der Waals surface area (Å²) >= 11 is 0. The molecule has 0 aliphatic heterocycles. The van der Waals surface area contributed by atoms with Crippen molar-refractivity contribution in [3.8, 4) is 0 Å². The molecule has 3 nitrogen and oxygen atoms in total. The zero-order valence-electron chi connectivity index (χ0n) is 11.8. The van der Waals surface area contributed by atoms with Gasteiger partial charge >= 0.3 is 0 Å². The topological polar surface area (TPSA) is 37.3 Å². The van der Waals surface area contributed by atoms with Crippen molar-refractivity contribution in [3.63, 3.8) is 0 Å². The summed E-state index contributed by atoms with van der Waals surface area (Å²) < 4.78 is 26.1. The molecule has 110 valence electrons. The summed E-state index contributed by atoms with van der Waals surface area (Å²) in [5.74, 6) is -0.616. The number of hydrazone groups is 1. The summed E-state index contributed by atoms with van der Waals surface area (Å²) in [4.78, 5) is 4.30. The number of aromatic nitrogens is 1. The third kappa shape index (κ3) is 3.09. The molecule has 0 bridgehead atoms. The van der Waals surface area contributed by atoms with Gasteiger partial charge in [0.05, 0.1) is 17.4 Å². The fourth-order valence-corrected chi connectivity index (χ4v) is 2.15. The third-order valence-corrected chi connectivity index (χ3v) is 3.17. The molecule has 1 heterocycles. The second kappa shape index (κ2) is 5.89. The smallest absolute Gasteiger partial charge is 0.125 e. The number of nitrogens with zero attached hydrogens (tertiary/aromatic N) is 2. The van der Waals surface area contributed by atoms with Crippen LogP contribution in [-0.2, 0) is 0 Å². The molecule has 2 aromatic carbocycles. The molecule has 0 atom stereocenters. The summed E-state index contributed by atoms with van der Waals surface area (Å²) in [6.07, 6.45) is 1.59. The van der Waals surface area contributed by atoms with Gasteiger partial charge in [0.2, 0.25) is 0 Å². The number of anilines is 1. The Hall–Kier alpha value is -2.82. The van der Waals surface area contributed by atoms with Crippen molar-refractivity contribution in [2.45, 2.75) is 6.92 Å². The molecule has 0 fully saturated rings. The number of halogens is 2. The average molecular weight is 297 g/mol. The Bertz CT molecular complexity index is 837. The SMILES string of the molecule is Cc1cc(N/N=C/c2ccc(F)cc2)c2ccc(F)cc2n1. The molecule has 0 amide bonds. The fraction of sp³-hybridized carbons (Fsp3) is 0.0588. The highest BCUT2D eigenvalue weighted by atomic mass is 19.1. The van der Waals surface area contributed by atoms with E-state index in [1.807, 2.05) is 13.0 Å². The number of fused-ring (bicyclic) bond motifs is 1. The summed E-state index contributed by atoms with van der Waals surface area (Å²) in [5.41, 5.74) is 5.76. The lowest BCUT2D eigenvalue weighted by molar-refractivity contribution is 0.627. The second-order valence-corrected chi connectivity index (χ2v) is 4.89.